The van der Waals surface area contributed by atoms with E-state index in [1.165, 1.54) is 5.56 Å². The largest absolute Gasteiger partial charge is 0.491 e. The first kappa shape index (κ1) is 19.2. The van der Waals surface area contributed by atoms with E-state index in [1.54, 1.807) is 0 Å². The van der Waals surface area contributed by atoms with Gasteiger partial charge in [0.1, 0.15) is 18.5 Å². The highest BCUT2D eigenvalue weighted by Gasteiger charge is 2.21. The van der Waals surface area contributed by atoms with Crippen molar-refractivity contribution in [1.82, 2.24) is 9.80 Å². The Morgan fingerprint density at radius 2 is 1.62 bits per heavy atom. The molecule has 4 nitrogen and oxygen atoms in total. The van der Waals surface area contributed by atoms with E-state index in [-0.39, 0.29) is 5.41 Å². The summed E-state index contributed by atoms with van der Waals surface area (Å²) >= 11 is 0. The Bertz CT molecular complexity index is 485. The van der Waals surface area contributed by atoms with Gasteiger partial charge in [0.25, 0.3) is 0 Å². The number of nitrogens with zero attached hydrogens (tertiary/aromatic N) is 2. The Morgan fingerprint density at radius 1 is 1.04 bits per heavy atom. The maximum atomic E-state index is 10.2. The highest BCUT2D eigenvalue weighted by Crippen LogP contribution is 2.24. The second-order valence-corrected chi connectivity index (χ2v) is 8.17. The van der Waals surface area contributed by atoms with Crippen molar-refractivity contribution in [3.8, 4) is 5.75 Å². The average molecular weight is 335 g/mol. The molecule has 0 bridgehead atoms. The lowest BCUT2D eigenvalue weighted by atomic mass is 9.87. The molecule has 1 heterocycles. The lowest BCUT2D eigenvalue weighted by Gasteiger charge is -2.37. The molecule has 2 rings (SSSR count). The molecule has 1 saturated heterocycles. The van der Waals surface area contributed by atoms with Crippen LogP contribution in [0.3, 0.4) is 0 Å². The van der Waals surface area contributed by atoms with E-state index in [4.69, 9.17) is 4.74 Å². The molecule has 1 atom stereocenters. The topological polar surface area (TPSA) is 35.9 Å². The first-order valence-electron chi connectivity index (χ1n) is 9.13. The summed E-state index contributed by atoms with van der Waals surface area (Å²) in [7, 11) is 0. The van der Waals surface area contributed by atoms with Crippen LogP contribution in [0.5, 0.6) is 5.75 Å². The van der Waals surface area contributed by atoms with E-state index in [1.807, 2.05) is 12.1 Å². The number of hydrogen-bond acceptors (Lipinski definition) is 4. The van der Waals surface area contributed by atoms with E-state index in [9.17, 15) is 5.11 Å². The van der Waals surface area contributed by atoms with Gasteiger partial charge < -0.3 is 9.84 Å². The van der Waals surface area contributed by atoms with Crippen LogP contribution in [0.25, 0.3) is 0 Å². The molecule has 4 heteroatoms. The molecule has 0 amide bonds. The molecule has 0 saturated carbocycles. The molecule has 1 aromatic rings. The van der Waals surface area contributed by atoms with Gasteiger partial charge in [-0.15, -0.1) is 0 Å². The van der Waals surface area contributed by atoms with E-state index in [0.717, 1.165) is 31.9 Å². The second kappa shape index (κ2) is 8.32. The number of aliphatic hydroxyl groups excluding tert-OH is 1. The molecule has 136 valence electrons. The zero-order valence-corrected chi connectivity index (χ0v) is 16.0. The van der Waals surface area contributed by atoms with Crippen LogP contribution in [0.1, 0.15) is 40.2 Å². The lowest BCUT2D eigenvalue weighted by molar-refractivity contribution is 0.0400. The molecule has 1 aliphatic rings. The van der Waals surface area contributed by atoms with E-state index in [2.05, 4.69) is 56.6 Å². The Hall–Kier alpha value is -1.10. The molecule has 0 aliphatic carbocycles. The van der Waals surface area contributed by atoms with Crippen LogP contribution in [0.2, 0.25) is 0 Å². The number of β-amino-alcohol motifs (C(OH)–C–C–N with tert-alkyl or cyclic N) is 1. The van der Waals surface area contributed by atoms with Crippen molar-refractivity contribution in [3.63, 3.8) is 0 Å². The first-order chi connectivity index (χ1) is 11.3. The fourth-order valence-electron chi connectivity index (χ4n) is 3.06. The van der Waals surface area contributed by atoms with Gasteiger partial charge in [0.15, 0.2) is 0 Å². The number of ether oxygens (including phenoxy) is 1. The molecule has 1 aromatic carbocycles. The zero-order valence-electron chi connectivity index (χ0n) is 16.0. The minimum absolute atomic E-state index is 0.149. The van der Waals surface area contributed by atoms with Crippen LogP contribution in [0.4, 0.5) is 0 Å². The van der Waals surface area contributed by atoms with E-state index in [0.29, 0.717) is 19.2 Å². The predicted octanol–water partition coefficient (Wildman–Crippen LogP) is 2.75. The molecule has 0 radical (unpaired) electrons. The monoisotopic (exact) mass is 334 g/mol. The summed E-state index contributed by atoms with van der Waals surface area (Å²) in [6.45, 7) is 16.3. The Kier molecular flexibility index (Phi) is 6.67. The smallest absolute Gasteiger partial charge is 0.119 e. The van der Waals surface area contributed by atoms with Crippen molar-refractivity contribution in [3.05, 3.63) is 29.8 Å². The van der Waals surface area contributed by atoms with Crippen LogP contribution in [0, 0.1) is 0 Å². The van der Waals surface area contributed by atoms with Gasteiger partial charge in [-0.2, -0.15) is 0 Å². The number of rotatable bonds is 6. The van der Waals surface area contributed by atoms with Crippen molar-refractivity contribution in [1.29, 1.82) is 0 Å². The summed E-state index contributed by atoms with van der Waals surface area (Å²) in [6.07, 6.45) is -0.446. The van der Waals surface area contributed by atoms with Gasteiger partial charge in [0.05, 0.1) is 0 Å². The van der Waals surface area contributed by atoms with Crippen molar-refractivity contribution in [2.45, 2.75) is 52.2 Å². The summed E-state index contributed by atoms with van der Waals surface area (Å²) < 4.78 is 5.75. The molecule has 1 N–H and O–H groups in total. The quantitative estimate of drug-likeness (QED) is 0.868. The Balaban J connectivity index is 1.72. The van der Waals surface area contributed by atoms with Crippen LogP contribution in [-0.4, -0.2) is 66.4 Å². The second-order valence-electron chi connectivity index (χ2n) is 8.17. The number of aliphatic hydroxyl groups is 1. The van der Waals surface area contributed by atoms with Gasteiger partial charge in [-0.1, -0.05) is 32.9 Å². The van der Waals surface area contributed by atoms with Gasteiger partial charge in [0.2, 0.25) is 0 Å². The minimum atomic E-state index is -0.446. The SMILES string of the molecule is CC(C)N1CCN(CC(O)COc2ccc(C(C)(C)C)cc2)CC1. The molecular formula is C20H34N2O2. The molecule has 24 heavy (non-hydrogen) atoms. The Morgan fingerprint density at radius 3 is 2.12 bits per heavy atom. The summed E-state index contributed by atoms with van der Waals surface area (Å²) in [5, 5.41) is 10.2. The minimum Gasteiger partial charge on any atom is -0.491 e. The number of piperazine rings is 1. The molecular weight excluding hydrogens is 300 g/mol. The third-order valence-corrected chi connectivity index (χ3v) is 4.77. The van der Waals surface area contributed by atoms with Crippen molar-refractivity contribution in [2.75, 3.05) is 39.3 Å². The van der Waals surface area contributed by atoms with Crippen LogP contribution in [0.15, 0.2) is 24.3 Å². The van der Waals surface area contributed by atoms with Gasteiger partial charge in [-0.3, -0.25) is 9.80 Å². The van der Waals surface area contributed by atoms with Gasteiger partial charge in [-0.05, 0) is 37.0 Å². The third kappa shape index (κ3) is 5.76. The normalized spacial score (nSPS) is 18.8. The molecule has 0 aromatic heterocycles. The van der Waals surface area contributed by atoms with E-state index >= 15 is 0 Å². The van der Waals surface area contributed by atoms with Crippen molar-refractivity contribution >= 4 is 0 Å². The summed E-state index contributed by atoms with van der Waals surface area (Å²) in [5.41, 5.74) is 1.44. The predicted molar refractivity (Wildman–Crippen MR) is 99.8 cm³/mol. The highest BCUT2D eigenvalue weighted by molar-refractivity contribution is 5.31. The molecule has 1 aliphatic heterocycles. The molecule has 0 spiro atoms. The van der Waals surface area contributed by atoms with Crippen LogP contribution in [-0.2, 0) is 5.41 Å². The standard InChI is InChI=1S/C20H34N2O2/c1-16(2)22-12-10-21(11-13-22)14-18(23)15-24-19-8-6-17(7-9-19)20(3,4)5/h6-9,16,18,23H,10-15H2,1-5H3. The number of benzene rings is 1. The zero-order chi connectivity index (χ0) is 17.7. The first-order valence-corrected chi connectivity index (χ1v) is 9.13. The van der Waals surface area contributed by atoms with Gasteiger partial charge in [0, 0.05) is 38.8 Å². The van der Waals surface area contributed by atoms with Crippen molar-refractivity contribution in [2.24, 2.45) is 0 Å². The van der Waals surface area contributed by atoms with Gasteiger partial charge >= 0.3 is 0 Å². The third-order valence-electron chi connectivity index (χ3n) is 4.77. The fraction of sp³-hybridized carbons (Fsp3) is 0.700. The van der Waals surface area contributed by atoms with Crippen LogP contribution < -0.4 is 4.74 Å². The number of hydrogen-bond donors (Lipinski definition) is 1. The summed E-state index contributed by atoms with van der Waals surface area (Å²) in [5.74, 6) is 0.826. The highest BCUT2D eigenvalue weighted by atomic mass is 16.5. The maximum absolute atomic E-state index is 10.2. The maximum Gasteiger partial charge on any atom is 0.119 e. The Labute approximate surface area is 147 Å². The summed E-state index contributed by atoms with van der Waals surface area (Å²) in [6, 6.07) is 8.81. The average Bonchev–Trinajstić information content (AvgIpc) is 2.53. The lowest BCUT2D eigenvalue weighted by Crippen LogP contribution is -2.51. The van der Waals surface area contributed by atoms with E-state index < -0.39 is 6.10 Å². The van der Waals surface area contributed by atoms with Crippen molar-refractivity contribution < 1.29 is 9.84 Å². The molecule has 1 unspecified atom stereocenters. The summed E-state index contributed by atoms with van der Waals surface area (Å²) in [4.78, 5) is 4.81. The molecule has 1 fully saturated rings. The van der Waals surface area contributed by atoms with Gasteiger partial charge in [-0.25, -0.2) is 0 Å². The van der Waals surface area contributed by atoms with Crippen LogP contribution >= 0.6 is 0 Å². The fourth-order valence-corrected chi connectivity index (χ4v) is 3.06.